The molecule has 0 heterocycles. The smallest absolute Gasteiger partial charge is 0.0256 e. The molecule has 0 spiro atoms. The molecule has 0 aliphatic rings. The maximum atomic E-state index is 10.3. The maximum absolute atomic E-state index is 10.3. The SMILES string of the molecule is CC(C)(N)CC(C)(C)NS(=O)[O-]. The lowest BCUT2D eigenvalue weighted by molar-refractivity contribution is 0.324. The van der Waals surface area contributed by atoms with Gasteiger partial charge in [0.2, 0.25) is 0 Å². The second kappa shape index (κ2) is 3.83. The fourth-order valence-electron chi connectivity index (χ4n) is 1.40. The Morgan fingerprint density at radius 2 is 1.83 bits per heavy atom. The van der Waals surface area contributed by atoms with Gasteiger partial charge in [-0.2, -0.15) is 0 Å². The maximum Gasteiger partial charge on any atom is 0.0256 e. The van der Waals surface area contributed by atoms with Gasteiger partial charge in [-0.05, 0) is 34.1 Å². The van der Waals surface area contributed by atoms with Crippen molar-refractivity contribution in [2.45, 2.75) is 45.2 Å². The van der Waals surface area contributed by atoms with Crippen molar-refractivity contribution >= 4 is 11.3 Å². The van der Waals surface area contributed by atoms with Crippen LogP contribution in [0.5, 0.6) is 0 Å². The summed E-state index contributed by atoms with van der Waals surface area (Å²) in [5.41, 5.74) is 4.91. The molecule has 0 amide bonds. The van der Waals surface area contributed by atoms with Crippen LogP contribution >= 0.6 is 0 Å². The highest BCUT2D eigenvalue weighted by atomic mass is 32.2. The molecular formula is C7H17N2O2S-. The lowest BCUT2D eigenvalue weighted by Gasteiger charge is -2.33. The van der Waals surface area contributed by atoms with E-state index in [1.54, 1.807) is 13.8 Å². The van der Waals surface area contributed by atoms with Crippen molar-refractivity contribution in [3.63, 3.8) is 0 Å². The van der Waals surface area contributed by atoms with Crippen molar-refractivity contribution in [3.8, 4) is 0 Å². The Hall–Kier alpha value is 0.0300. The minimum atomic E-state index is -2.23. The normalized spacial score (nSPS) is 16.2. The molecule has 0 aromatic carbocycles. The van der Waals surface area contributed by atoms with Crippen molar-refractivity contribution < 1.29 is 8.76 Å². The van der Waals surface area contributed by atoms with E-state index < -0.39 is 16.8 Å². The van der Waals surface area contributed by atoms with Gasteiger partial charge in [0.25, 0.3) is 0 Å². The van der Waals surface area contributed by atoms with Crippen LogP contribution < -0.4 is 10.5 Å². The molecule has 0 aliphatic carbocycles. The lowest BCUT2D eigenvalue weighted by Crippen LogP contribution is -2.48. The summed E-state index contributed by atoms with van der Waals surface area (Å²) < 4.78 is 23.1. The van der Waals surface area contributed by atoms with E-state index in [1.807, 2.05) is 13.8 Å². The highest BCUT2D eigenvalue weighted by Gasteiger charge is 2.25. The van der Waals surface area contributed by atoms with Gasteiger partial charge in [-0.1, -0.05) is 0 Å². The molecule has 0 saturated carbocycles. The summed E-state index contributed by atoms with van der Waals surface area (Å²) in [6, 6.07) is 0. The minimum Gasteiger partial charge on any atom is -0.760 e. The summed E-state index contributed by atoms with van der Waals surface area (Å²) in [7, 11) is 0. The first kappa shape index (κ1) is 12.0. The largest absolute Gasteiger partial charge is 0.760 e. The van der Waals surface area contributed by atoms with E-state index in [-0.39, 0.29) is 5.54 Å². The van der Waals surface area contributed by atoms with Crippen LogP contribution in [0.2, 0.25) is 0 Å². The van der Waals surface area contributed by atoms with Crippen LogP contribution in [0, 0.1) is 0 Å². The molecule has 1 unspecified atom stereocenters. The summed E-state index contributed by atoms with van der Waals surface area (Å²) in [6.45, 7) is 7.34. The van der Waals surface area contributed by atoms with Crippen molar-refractivity contribution in [2.24, 2.45) is 5.73 Å². The number of hydrogen-bond acceptors (Lipinski definition) is 3. The Labute approximate surface area is 76.3 Å². The van der Waals surface area contributed by atoms with Gasteiger partial charge in [0.05, 0.1) is 0 Å². The van der Waals surface area contributed by atoms with Crippen LogP contribution in [0.1, 0.15) is 34.1 Å². The first-order valence-electron chi connectivity index (χ1n) is 3.78. The molecular weight excluding hydrogens is 176 g/mol. The zero-order valence-electron chi connectivity index (χ0n) is 8.01. The van der Waals surface area contributed by atoms with Gasteiger partial charge in [0.1, 0.15) is 0 Å². The molecule has 0 fully saturated rings. The van der Waals surface area contributed by atoms with Gasteiger partial charge < -0.3 is 10.3 Å². The standard InChI is InChI=1S/C7H18N2O2S/c1-6(2,8)5-7(3,4)9-12(10)11/h9H,5,8H2,1-4H3,(H,10,11)/p-1. The third-order valence-electron chi connectivity index (χ3n) is 1.26. The van der Waals surface area contributed by atoms with E-state index in [9.17, 15) is 8.76 Å². The van der Waals surface area contributed by atoms with Crippen molar-refractivity contribution in [1.82, 2.24) is 4.72 Å². The average molecular weight is 193 g/mol. The third-order valence-corrected chi connectivity index (χ3v) is 1.98. The molecule has 5 heteroatoms. The van der Waals surface area contributed by atoms with Crippen molar-refractivity contribution in [3.05, 3.63) is 0 Å². The molecule has 0 aromatic rings. The van der Waals surface area contributed by atoms with Gasteiger partial charge in [0, 0.05) is 22.3 Å². The molecule has 0 radical (unpaired) electrons. The number of nitrogens with two attached hydrogens (primary N) is 1. The summed E-state index contributed by atoms with van der Waals surface area (Å²) >= 11 is -2.23. The zero-order chi connectivity index (χ0) is 9.99. The molecule has 74 valence electrons. The molecule has 0 aliphatic heterocycles. The fraction of sp³-hybridized carbons (Fsp3) is 1.00. The molecule has 0 saturated heterocycles. The summed E-state index contributed by atoms with van der Waals surface area (Å²) in [5.74, 6) is 0. The highest BCUT2D eigenvalue weighted by Crippen LogP contribution is 2.17. The van der Waals surface area contributed by atoms with Gasteiger partial charge in [0.15, 0.2) is 0 Å². The molecule has 4 nitrogen and oxygen atoms in total. The summed E-state index contributed by atoms with van der Waals surface area (Å²) in [6.07, 6.45) is 0.591. The molecule has 12 heavy (non-hydrogen) atoms. The Morgan fingerprint density at radius 3 is 2.08 bits per heavy atom. The van der Waals surface area contributed by atoms with E-state index in [1.165, 1.54) is 0 Å². The predicted molar refractivity (Wildman–Crippen MR) is 49.0 cm³/mol. The van der Waals surface area contributed by atoms with E-state index in [0.29, 0.717) is 6.42 Å². The van der Waals surface area contributed by atoms with Crippen molar-refractivity contribution in [1.29, 1.82) is 0 Å². The van der Waals surface area contributed by atoms with Crippen molar-refractivity contribution in [2.75, 3.05) is 0 Å². The minimum absolute atomic E-state index is 0.365. The highest BCUT2D eigenvalue weighted by molar-refractivity contribution is 7.77. The van der Waals surface area contributed by atoms with E-state index in [4.69, 9.17) is 5.73 Å². The van der Waals surface area contributed by atoms with Gasteiger partial charge in [-0.25, -0.2) is 4.72 Å². The molecule has 0 aromatic heterocycles. The number of rotatable bonds is 4. The second-order valence-corrected chi connectivity index (χ2v) is 5.06. The van der Waals surface area contributed by atoms with Crippen LogP contribution in [0.25, 0.3) is 0 Å². The molecule has 0 bridgehead atoms. The molecule has 3 N–H and O–H groups in total. The quantitative estimate of drug-likeness (QED) is 0.629. The van der Waals surface area contributed by atoms with Gasteiger partial charge >= 0.3 is 0 Å². The number of hydrogen-bond donors (Lipinski definition) is 2. The van der Waals surface area contributed by atoms with E-state index in [2.05, 4.69) is 4.72 Å². The topological polar surface area (TPSA) is 78.2 Å². The van der Waals surface area contributed by atoms with Crippen LogP contribution in [0.3, 0.4) is 0 Å². The average Bonchev–Trinajstić information content (AvgIpc) is 1.48. The Morgan fingerprint density at radius 1 is 1.42 bits per heavy atom. The Kier molecular flexibility index (Phi) is 3.84. The molecule has 0 rings (SSSR count). The van der Waals surface area contributed by atoms with Gasteiger partial charge in [-0.3, -0.25) is 4.21 Å². The van der Waals surface area contributed by atoms with E-state index >= 15 is 0 Å². The van der Waals surface area contributed by atoms with Crippen LogP contribution in [0.4, 0.5) is 0 Å². The van der Waals surface area contributed by atoms with E-state index in [0.717, 1.165) is 0 Å². The second-order valence-electron chi connectivity index (χ2n) is 4.39. The van der Waals surface area contributed by atoms with Crippen LogP contribution in [-0.4, -0.2) is 19.8 Å². The summed E-state index contributed by atoms with van der Waals surface area (Å²) in [5, 5.41) is 0. The zero-order valence-corrected chi connectivity index (χ0v) is 8.83. The Balaban J connectivity index is 4.13. The Bertz CT molecular complexity index is 175. The number of nitrogens with one attached hydrogen (secondary N) is 1. The molecule has 1 atom stereocenters. The predicted octanol–water partition coefficient (Wildman–Crippen LogP) is 0.276. The first-order chi connectivity index (χ1) is 5.12. The fourth-order valence-corrected chi connectivity index (χ4v) is 1.92. The van der Waals surface area contributed by atoms with Crippen LogP contribution in [-0.2, 0) is 11.3 Å². The van der Waals surface area contributed by atoms with Gasteiger partial charge in [-0.15, -0.1) is 0 Å². The van der Waals surface area contributed by atoms with Crippen LogP contribution in [0.15, 0.2) is 0 Å². The lowest BCUT2D eigenvalue weighted by atomic mass is 9.89. The third kappa shape index (κ3) is 6.72. The monoisotopic (exact) mass is 193 g/mol. The summed E-state index contributed by atoms with van der Waals surface area (Å²) in [4.78, 5) is 0. The first-order valence-corrected chi connectivity index (χ1v) is 4.86.